The lowest BCUT2D eigenvalue weighted by atomic mass is 10.0. The highest BCUT2D eigenvalue weighted by molar-refractivity contribution is 7.85. The summed E-state index contributed by atoms with van der Waals surface area (Å²) in [5.41, 5.74) is 1.28. The zero-order valence-corrected chi connectivity index (χ0v) is 11.0. The summed E-state index contributed by atoms with van der Waals surface area (Å²) in [6, 6.07) is 11.6. The monoisotopic (exact) mass is 277 g/mol. The van der Waals surface area contributed by atoms with Crippen LogP contribution in [0.25, 0.3) is 10.8 Å². The molecule has 0 unspecified atom stereocenters. The quantitative estimate of drug-likeness (QED) is 0.787. The number of oxime groups is 1. The largest absolute Gasteiger partial charge is 0.486 e. The summed E-state index contributed by atoms with van der Waals surface area (Å²) in [7, 11) is -3.61. The molecule has 0 amide bonds. The molecule has 1 heterocycles. The van der Waals surface area contributed by atoms with Gasteiger partial charge >= 0.3 is 10.1 Å². The van der Waals surface area contributed by atoms with Gasteiger partial charge < -0.3 is 4.74 Å². The van der Waals surface area contributed by atoms with Crippen LogP contribution in [0.3, 0.4) is 0 Å². The van der Waals surface area contributed by atoms with Crippen molar-refractivity contribution in [3.63, 3.8) is 0 Å². The van der Waals surface area contributed by atoms with E-state index in [4.69, 9.17) is 4.74 Å². The first-order chi connectivity index (χ1) is 9.04. The Kier molecular flexibility index (Phi) is 2.67. The highest BCUT2D eigenvalue weighted by atomic mass is 32.2. The topological polar surface area (TPSA) is 65.0 Å². The average molecular weight is 277 g/mol. The minimum atomic E-state index is -3.61. The van der Waals surface area contributed by atoms with Gasteiger partial charge in [0.2, 0.25) is 0 Å². The van der Waals surface area contributed by atoms with Crippen molar-refractivity contribution in [3.8, 4) is 5.75 Å². The van der Waals surface area contributed by atoms with E-state index in [1.807, 2.05) is 36.4 Å². The van der Waals surface area contributed by atoms with Crippen molar-refractivity contribution in [2.24, 2.45) is 5.16 Å². The summed E-state index contributed by atoms with van der Waals surface area (Å²) >= 11 is 0. The van der Waals surface area contributed by atoms with E-state index in [2.05, 4.69) is 9.44 Å². The van der Waals surface area contributed by atoms with Crippen LogP contribution in [0.2, 0.25) is 0 Å². The lowest BCUT2D eigenvalue weighted by molar-refractivity contribution is 0.336. The van der Waals surface area contributed by atoms with E-state index in [1.165, 1.54) is 0 Å². The zero-order valence-electron chi connectivity index (χ0n) is 10.2. The van der Waals surface area contributed by atoms with Gasteiger partial charge in [-0.25, -0.2) is 0 Å². The Bertz CT molecular complexity index is 780. The van der Waals surface area contributed by atoms with E-state index in [0.29, 0.717) is 11.5 Å². The molecule has 1 aliphatic rings. The second-order valence-corrected chi connectivity index (χ2v) is 5.82. The fourth-order valence-electron chi connectivity index (χ4n) is 2.07. The third-order valence-corrected chi connectivity index (χ3v) is 3.17. The molecular weight excluding hydrogens is 266 g/mol. The van der Waals surface area contributed by atoms with Gasteiger partial charge in [-0.1, -0.05) is 35.5 Å². The van der Waals surface area contributed by atoms with Crippen LogP contribution in [-0.4, -0.2) is 27.0 Å². The highest BCUT2D eigenvalue weighted by Gasteiger charge is 2.23. The number of ether oxygens (including phenoxy) is 1. The van der Waals surface area contributed by atoms with Crippen LogP contribution in [0, 0.1) is 0 Å². The second-order valence-electron chi connectivity index (χ2n) is 4.27. The molecule has 5 nitrogen and oxygen atoms in total. The van der Waals surface area contributed by atoms with Gasteiger partial charge in [0.05, 0.1) is 11.8 Å². The fourth-order valence-corrected chi connectivity index (χ4v) is 2.30. The minimum Gasteiger partial charge on any atom is -0.486 e. The number of rotatable bonds is 2. The van der Waals surface area contributed by atoms with Gasteiger partial charge in [0.15, 0.2) is 0 Å². The highest BCUT2D eigenvalue weighted by Crippen LogP contribution is 2.32. The lowest BCUT2D eigenvalue weighted by Gasteiger charge is -2.03. The predicted molar refractivity (Wildman–Crippen MR) is 71.9 cm³/mol. The molecule has 98 valence electrons. The second kappa shape index (κ2) is 4.24. The average Bonchev–Trinajstić information content (AvgIpc) is 2.79. The Hall–Kier alpha value is -2.08. The molecule has 19 heavy (non-hydrogen) atoms. The van der Waals surface area contributed by atoms with E-state index in [0.717, 1.165) is 22.6 Å². The number of fused-ring (bicyclic) bond motifs is 3. The number of nitrogens with zero attached hydrogens (tertiary/aromatic N) is 1. The number of hydrogen-bond acceptors (Lipinski definition) is 5. The fraction of sp³-hybridized carbons (Fsp3) is 0.154. The van der Waals surface area contributed by atoms with Crippen LogP contribution >= 0.6 is 0 Å². The van der Waals surface area contributed by atoms with Crippen LogP contribution in [0.1, 0.15) is 5.56 Å². The molecule has 2 aromatic rings. The maximum absolute atomic E-state index is 11.0. The van der Waals surface area contributed by atoms with Crippen molar-refractivity contribution in [1.82, 2.24) is 0 Å². The zero-order chi connectivity index (χ0) is 13.5. The summed E-state index contributed by atoms with van der Waals surface area (Å²) < 4.78 is 32.0. The maximum atomic E-state index is 11.0. The summed E-state index contributed by atoms with van der Waals surface area (Å²) in [5.74, 6) is 0.689. The van der Waals surface area contributed by atoms with E-state index >= 15 is 0 Å². The minimum absolute atomic E-state index is 0.207. The summed E-state index contributed by atoms with van der Waals surface area (Å²) in [6.45, 7) is 0.207. The molecule has 0 saturated heterocycles. The smallest absolute Gasteiger partial charge is 0.325 e. The van der Waals surface area contributed by atoms with Crippen LogP contribution in [0.5, 0.6) is 5.75 Å². The third-order valence-electron chi connectivity index (χ3n) is 2.83. The Morgan fingerprint density at radius 1 is 1.21 bits per heavy atom. The molecule has 0 aromatic heterocycles. The first kappa shape index (κ1) is 12.0. The molecule has 3 rings (SSSR count). The van der Waals surface area contributed by atoms with Gasteiger partial charge in [-0.05, 0) is 16.8 Å². The van der Waals surface area contributed by atoms with Gasteiger partial charge in [-0.15, -0.1) is 0 Å². The standard InChI is InChI=1S/C13H11NO4S/c1-19(15,16)18-14-11-8-17-12-7-6-9-4-2-3-5-10(9)13(11)12/h2-7H,8H2,1H3. The third kappa shape index (κ3) is 2.26. The Morgan fingerprint density at radius 3 is 2.79 bits per heavy atom. The number of hydrogen-bond donors (Lipinski definition) is 0. The van der Waals surface area contributed by atoms with Gasteiger partial charge in [0.25, 0.3) is 0 Å². The first-order valence-electron chi connectivity index (χ1n) is 5.65. The van der Waals surface area contributed by atoms with Crippen molar-refractivity contribution >= 4 is 26.6 Å². The van der Waals surface area contributed by atoms with Gasteiger partial charge in [-0.3, -0.25) is 4.28 Å². The SMILES string of the molecule is CS(=O)(=O)ON=C1COc2ccc3ccccc3c21. The molecular formula is C13H11NO4S. The van der Waals surface area contributed by atoms with Crippen molar-refractivity contribution in [1.29, 1.82) is 0 Å². The van der Waals surface area contributed by atoms with Crippen molar-refractivity contribution in [3.05, 3.63) is 42.0 Å². The summed E-state index contributed by atoms with van der Waals surface area (Å²) in [4.78, 5) is 0. The molecule has 6 heteroatoms. The maximum Gasteiger partial charge on any atom is 0.325 e. The molecule has 0 bridgehead atoms. The van der Waals surface area contributed by atoms with E-state index < -0.39 is 10.1 Å². The normalized spacial score (nSPS) is 16.4. The molecule has 0 saturated carbocycles. The van der Waals surface area contributed by atoms with E-state index in [9.17, 15) is 8.42 Å². The summed E-state index contributed by atoms with van der Waals surface area (Å²) in [5, 5.41) is 5.70. The molecule has 0 aliphatic carbocycles. The van der Waals surface area contributed by atoms with Crippen LogP contribution in [0.4, 0.5) is 0 Å². The Morgan fingerprint density at radius 2 is 2.00 bits per heavy atom. The van der Waals surface area contributed by atoms with Gasteiger partial charge in [-0.2, -0.15) is 8.42 Å². The molecule has 0 spiro atoms. The van der Waals surface area contributed by atoms with Crippen LogP contribution in [0.15, 0.2) is 41.6 Å². The molecule has 0 radical (unpaired) electrons. The van der Waals surface area contributed by atoms with Gasteiger partial charge in [0.1, 0.15) is 18.1 Å². The van der Waals surface area contributed by atoms with Crippen LogP contribution < -0.4 is 4.74 Å². The molecule has 0 atom stereocenters. The molecule has 1 aliphatic heterocycles. The van der Waals surface area contributed by atoms with E-state index in [-0.39, 0.29) is 6.61 Å². The molecule has 2 aromatic carbocycles. The molecule has 0 fully saturated rings. The van der Waals surface area contributed by atoms with Crippen molar-refractivity contribution in [2.45, 2.75) is 0 Å². The summed E-state index contributed by atoms with van der Waals surface area (Å²) in [6.07, 6.45) is 0.955. The first-order valence-corrected chi connectivity index (χ1v) is 7.47. The lowest BCUT2D eigenvalue weighted by Crippen LogP contribution is -2.06. The predicted octanol–water partition coefficient (Wildman–Crippen LogP) is 1.91. The van der Waals surface area contributed by atoms with Crippen molar-refractivity contribution in [2.75, 3.05) is 12.9 Å². The Labute approximate surface area is 110 Å². The van der Waals surface area contributed by atoms with Gasteiger partial charge in [0, 0.05) is 0 Å². The molecule has 0 N–H and O–H groups in total. The van der Waals surface area contributed by atoms with Crippen molar-refractivity contribution < 1.29 is 17.4 Å². The Balaban J connectivity index is 2.15. The number of benzene rings is 2. The van der Waals surface area contributed by atoms with E-state index in [1.54, 1.807) is 0 Å². The van der Waals surface area contributed by atoms with Crippen LogP contribution in [-0.2, 0) is 14.4 Å².